The Hall–Kier alpha value is -1.56. The summed E-state index contributed by atoms with van der Waals surface area (Å²) in [6.45, 7) is 18.2. The van der Waals surface area contributed by atoms with Crippen molar-refractivity contribution in [2.75, 3.05) is 0 Å². The standard InChI is InChI=1S/C23H32/c1-15(2)21-13-19(11-9-17(21)5)23(7,8)20-12-10-18(6)22(14-20)16(3)4/h9-16H,1-8H3. The summed E-state index contributed by atoms with van der Waals surface area (Å²) in [7, 11) is 0. The number of benzene rings is 2. The van der Waals surface area contributed by atoms with Crippen LogP contribution in [-0.4, -0.2) is 0 Å². The molecule has 0 spiro atoms. The second-order valence-corrected chi connectivity index (χ2v) is 8.08. The first-order chi connectivity index (χ1) is 10.6. The normalized spacial score (nSPS) is 12.3. The third-order valence-corrected chi connectivity index (χ3v) is 5.25. The summed E-state index contributed by atoms with van der Waals surface area (Å²) in [5, 5.41) is 0. The highest BCUT2D eigenvalue weighted by Gasteiger charge is 2.25. The summed E-state index contributed by atoms with van der Waals surface area (Å²) in [5.74, 6) is 1.13. The number of aryl methyl sites for hydroxylation is 2. The largest absolute Gasteiger partial charge is 0.0587 e. The highest BCUT2D eigenvalue weighted by atomic mass is 14.3. The lowest BCUT2D eigenvalue weighted by atomic mass is 9.75. The smallest absolute Gasteiger partial charge is 0.0146 e. The highest BCUT2D eigenvalue weighted by molar-refractivity contribution is 5.45. The van der Waals surface area contributed by atoms with E-state index in [0.717, 1.165) is 0 Å². The van der Waals surface area contributed by atoms with E-state index in [9.17, 15) is 0 Å². The maximum Gasteiger partial charge on any atom is 0.0146 e. The minimum Gasteiger partial charge on any atom is -0.0587 e. The Morgan fingerprint density at radius 3 is 1.30 bits per heavy atom. The molecule has 124 valence electrons. The van der Waals surface area contributed by atoms with Crippen LogP contribution >= 0.6 is 0 Å². The lowest BCUT2D eigenvalue weighted by Gasteiger charge is -2.29. The molecule has 0 aliphatic carbocycles. The molecule has 0 heteroatoms. The molecule has 0 saturated carbocycles. The lowest BCUT2D eigenvalue weighted by molar-refractivity contribution is 0.635. The van der Waals surface area contributed by atoms with Gasteiger partial charge in [-0.05, 0) is 59.1 Å². The molecule has 0 nitrogen and oxygen atoms in total. The maximum atomic E-state index is 2.41. The number of hydrogen-bond acceptors (Lipinski definition) is 0. The van der Waals surface area contributed by atoms with Crippen molar-refractivity contribution >= 4 is 0 Å². The highest BCUT2D eigenvalue weighted by Crippen LogP contribution is 2.35. The quantitative estimate of drug-likeness (QED) is 0.577. The molecular weight excluding hydrogens is 276 g/mol. The van der Waals surface area contributed by atoms with Crippen molar-refractivity contribution in [1.82, 2.24) is 0 Å². The van der Waals surface area contributed by atoms with E-state index < -0.39 is 0 Å². The predicted octanol–water partition coefficient (Wildman–Crippen LogP) is 6.88. The van der Waals surface area contributed by atoms with Crippen molar-refractivity contribution in [3.05, 3.63) is 69.8 Å². The van der Waals surface area contributed by atoms with Gasteiger partial charge in [-0.1, -0.05) is 77.9 Å². The van der Waals surface area contributed by atoms with Gasteiger partial charge < -0.3 is 0 Å². The van der Waals surface area contributed by atoms with Gasteiger partial charge in [-0.3, -0.25) is 0 Å². The first-order valence-electron chi connectivity index (χ1n) is 8.86. The number of rotatable bonds is 4. The molecule has 2 aromatic rings. The summed E-state index contributed by atoms with van der Waals surface area (Å²) in [6, 6.07) is 14.0. The molecule has 0 bridgehead atoms. The van der Waals surface area contributed by atoms with Crippen LogP contribution < -0.4 is 0 Å². The van der Waals surface area contributed by atoms with E-state index in [1.165, 1.54) is 33.4 Å². The second-order valence-electron chi connectivity index (χ2n) is 8.08. The van der Waals surface area contributed by atoms with Crippen LogP contribution in [0.1, 0.15) is 86.8 Å². The Bertz CT molecular complexity index is 628. The van der Waals surface area contributed by atoms with Crippen LogP contribution in [0.15, 0.2) is 36.4 Å². The third kappa shape index (κ3) is 3.52. The van der Waals surface area contributed by atoms with E-state index in [1.54, 1.807) is 0 Å². The molecule has 0 heterocycles. The zero-order valence-corrected chi connectivity index (χ0v) is 16.1. The van der Waals surface area contributed by atoms with Crippen LogP contribution in [0.25, 0.3) is 0 Å². The molecule has 23 heavy (non-hydrogen) atoms. The fraction of sp³-hybridized carbons (Fsp3) is 0.478. The SMILES string of the molecule is Cc1ccc(C(C)(C)c2ccc(C)c(C(C)C)c2)cc1C(C)C. The van der Waals surface area contributed by atoms with Crippen molar-refractivity contribution in [1.29, 1.82) is 0 Å². The Morgan fingerprint density at radius 2 is 1.00 bits per heavy atom. The monoisotopic (exact) mass is 308 g/mol. The first-order valence-corrected chi connectivity index (χ1v) is 8.86. The molecule has 0 aromatic heterocycles. The van der Waals surface area contributed by atoms with Gasteiger partial charge in [-0.25, -0.2) is 0 Å². The maximum absolute atomic E-state index is 2.41. The van der Waals surface area contributed by atoms with Crippen LogP contribution in [0.3, 0.4) is 0 Å². The van der Waals surface area contributed by atoms with Gasteiger partial charge in [-0.15, -0.1) is 0 Å². The van der Waals surface area contributed by atoms with Crippen LogP contribution in [-0.2, 0) is 5.41 Å². The average Bonchev–Trinajstić information content (AvgIpc) is 2.47. The predicted molar refractivity (Wildman–Crippen MR) is 103 cm³/mol. The zero-order valence-electron chi connectivity index (χ0n) is 16.1. The van der Waals surface area contributed by atoms with E-state index in [1.807, 2.05) is 0 Å². The molecular formula is C23H32. The van der Waals surface area contributed by atoms with Crippen LogP contribution in [0.5, 0.6) is 0 Å². The van der Waals surface area contributed by atoms with Crippen molar-refractivity contribution < 1.29 is 0 Å². The molecule has 0 radical (unpaired) electrons. The molecule has 0 N–H and O–H groups in total. The van der Waals surface area contributed by atoms with Gasteiger partial charge in [0, 0.05) is 5.41 Å². The van der Waals surface area contributed by atoms with Gasteiger partial charge in [0.2, 0.25) is 0 Å². The van der Waals surface area contributed by atoms with Gasteiger partial charge in [0.1, 0.15) is 0 Å². The third-order valence-electron chi connectivity index (χ3n) is 5.25. The summed E-state index contributed by atoms with van der Waals surface area (Å²) in [6.07, 6.45) is 0. The van der Waals surface area contributed by atoms with Gasteiger partial charge in [0.25, 0.3) is 0 Å². The number of hydrogen-bond donors (Lipinski definition) is 0. The second kappa shape index (κ2) is 6.51. The van der Waals surface area contributed by atoms with E-state index in [2.05, 4.69) is 91.8 Å². The molecule has 2 rings (SSSR count). The Labute approximate surface area is 143 Å². The molecule has 0 amide bonds. The molecule has 0 aliphatic rings. The van der Waals surface area contributed by atoms with E-state index in [-0.39, 0.29) is 5.41 Å². The lowest BCUT2D eigenvalue weighted by Crippen LogP contribution is -2.20. The molecule has 0 aliphatic heterocycles. The van der Waals surface area contributed by atoms with Gasteiger partial charge in [0.05, 0.1) is 0 Å². The Morgan fingerprint density at radius 1 is 0.652 bits per heavy atom. The molecule has 0 atom stereocenters. The van der Waals surface area contributed by atoms with E-state index in [0.29, 0.717) is 11.8 Å². The first kappa shape index (κ1) is 17.8. The summed E-state index contributed by atoms with van der Waals surface area (Å²) >= 11 is 0. The van der Waals surface area contributed by atoms with Gasteiger partial charge in [-0.2, -0.15) is 0 Å². The minimum absolute atomic E-state index is 0.0225. The van der Waals surface area contributed by atoms with Gasteiger partial charge in [0.15, 0.2) is 0 Å². The molecule has 0 unspecified atom stereocenters. The summed E-state index contributed by atoms with van der Waals surface area (Å²) in [5.41, 5.74) is 8.56. The fourth-order valence-corrected chi connectivity index (χ4v) is 3.47. The van der Waals surface area contributed by atoms with E-state index in [4.69, 9.17) is 0 Å². The minimum atomic E-state index is 0.0225. The Kier molecular flexibility index (Phi) is 5.04. The summed E-state index contributed by atoms with van der Waals surface area (Å²) in [4.78, 5) is 0. The summed E-state index contributed by atoms with van der Waals surface area (Å²) < 4.78 is 0. The van der Waals surface area contributed by atoms with Crippen LogP contribution in [0, 0.1) is 13.8 Å². The van der Waals surface area contributed by atoms with Gasteiger partial charge >= 0.3 is 0 Å². The van der Waals surface area contributed by atoms with Crippen molar-refractivity contribution in [2.24, 2.45) is 0 Å². The van der Waals surface area contributed by atoms with Crippen molar-refractivity contribution in [3.63, 3.8) is 0 Å². The fourth-order valence-electron chi connectivity index (χ4n) is 3.47. The molecule has 2 aromatic carbocycles. The Balaban J connectivity index is 2.54. The van der Waals surface area contributed by atoms with Crippen LogP contribution in [0.2, 0.25) is 0 Å². The molecule has 0 saturated heterocycles. The topological polar surface area (TPSA) is 0 Å². The van der Waals surface area contributed by atoms with E-state index >= 15 is 0 Å². The van der Waals surface area contributed by atoms with Crippen LogP contribution in [0.4, 0.5) is 0 Å². The van der Waals surface area contributed by atoms with Crippen molar-refractivity contribution in [2.45, 2.75) is 72.6 Å². The van der Waals surface area contributed by atoms with Crippen molar-refractivity contribution in [3.8, 4) is 0 Å². The zero-order chi connectivity index (χ0) is 17.4. The average molecular weight is 309 g/mol. The molecule has 0 fully saturated rings.